The highest BCUT2D eigenvalue weighted by Gasteiger charge is 2.34. The maximum atomic E-state index is 13.7. The van der Waals surface area contributed by atoms with Crippen LogP contribution in [0.4, 0.5) is 9.52 Å². The average molecular weight is 441 g/mol. The van der Waals surface area contributed by atoms with E-state index in [9.17, 15) is 14.0 Å². The Kier molecular flexibility index (Phi) is 6.31. The van der Waals surface area contributed by atoms with Gasteiger partial charge in [0.2, 0.25) is 5.91 Å². The van der Waals surface area contributed by atoms with Gasteiger partial charge in [0, 0.05) is 23.7 Å². The van der Waals surface area contributed by atoms with Crippen LogP contribution in [0.1, 0.15) is 34.6 Å². The molecule has 3 unspecified atom stereocenters. The number of halogens is 1. The molecule has 3 atom stereocenters. The highest BCUT2D eigenvalue weighted by molar-refractivity contribution is 7.14. The Morgan fingerprint density at radius 3 is 2.71 bits per heavy atom. The van der Waals surface area contributed by atoms with Gasteiger partial charge in [0.05, 0.1) is 29.9 Å². The number of rotatable bonds is 6. The van der Waals surface area contributed by atoms with Crippen LogP contribution in [0.15, 0.2) is 54.2 Å². The fraction of sp³-hybridized carbons (Fsp3) is 0.238. The average Bonchev–Trinajstić information content (AvgIpc) is 3.35. The zero-order valence-electron chi connectivity index (χ0n) is 16.6. The minimum atomic E-state index is -0.604. The number of amides is 2. The molecule has 0 radical (unpaired) electrons. The smallest absolute Gasteiger partial charge is 0.260 e. The van der Waals surface area contributed by atoms with Crippen LogP contribution in [-0.2, 0) is 11.2 Å². The van der Waals surface area contributed by atoms with E-state index in [2.05, 4.69) is 31.5 Å². The maximum Gasteiger partial charge on any atom is 0.260 e. The van der Waals surface area contributed by atoms with E-state index in [1.165, 1.54) is 29.5 Å². The van der Waals surface area contributed by atoms with Crippen LogP contribution in [0.3, 0.4) is 0 Å². The van der Waals surface area contributed by atoms with Crippen molar-refractivity contribution in [1.82, 2.24) is 26.1 Å². The van der Waals surface area contributed by atoms with E-state index in [4.69, 9.17) is 0 Å². The van der Waals surface area contributed by atoms with Gasteiger partial charge in [-0.15, -0.1) is 11.3 Å². The van der Waals surface area contributed by atoms with Crippen LogP contribution in [0.25, 0.3) is 0 Å². The molecule has 0 aliphatic carbocycles. The third-order valence-corrected chi connectivity index (χ3v) is 5.87. The van der Waals surface area contributed by atoms with E-state index in [0.29, 0.717) is 10.8 Å². The van der Waals surface area contributed by atoms with Gasteiger partial charge < -0.3 is 5.32 Å². The third kappa shape index (κ3) is 4.93. The van der Waals surface area contributed by atoms with Crippen LogP contribution >= 0.6 is 11.3 Å². The van der Waals surface area contributed by atoms with E-state index in [1.807, 2.05) is 19.1 Å². The molecule has 1 saturated heterocycles. The molecule has 160 valence electrons. The van der Waals surface area contributed by atoms with Crippen LogP contribution in [0, 0.1) is 11.7 Å². The first kappa shape index (κ1) is 21.0. The van der Waals surface area contributed by atoms with Crippen LogP contribution in [0.2, 0.25) is 0 Å². The van der Waals surface area contributed by atoms with Crippen LogP contribution < -0.4 is 21.5 Å². The van der Waals surface area contributed by atoms with Crippen molar-refractivity contribution in [3.8, 4) is 0 Å². The monoisotopic (exact) mass is 440 g/mol. The molecule has 8 nitrogen and oxygen atoms in total. The first-order chi connectivity index (χ1) is 15.0. The van der Waals surface area contributed by atoms with Crippen molar-refractivity contribution in [3.05, 3.63) is 76.8 Å². The molecule has 10 heteroatoms. The van der Waals surface area contributed by atoms with Gasteiger partial charge in [0.25, 0.3) is 5.91 Å². The fourth-order valence-corrected chi connectivity index (χ4v) is 4.11. The first-order valence-electron chi connectivity index (χ1n) is 9.72. The number of anilines is 1. The maximum absolute atomic E-state index is 13.7. The van der Waals surface area contributed by atoms with Crippen molar-refractivity contribution < 1.29 is 14.0 Å². The SMILES string of the molecule is CC1C(NC(=O)Cc2csc(NC(=O)c3ccccc3F)n2)NNC1c1ccncc1. The Morgan fingerprint density at radius 2 is 1.94 bits per heavy atom. The summed E-state index contributed by atoms with van der Waals surface area (Å²) in [6.07, 6.45) is 3.29. The third-order valence-electron chi connectivity index (χ3n) is 5.06. The predicted molar refractivity (Wildman–Crippen MR) is 115 cm³/mol. The van der Waals surface area contributed by atoms with Crippen molar-refractivity contribution in [1.29, 1.82) is 0 Å². The van der Waals surface area contributed by atoms with Gasteiger partial charge in [-0.05, 0) is 29.8 Å². The summed E-state index contributed by atoms with van der Waals surface area (Å²) < 4.78 is 13.7. The lowest BCUT2D eigenvalue weighted by Crippen LogP contribution is -2.46. The van der Waals surface area contributed by atoms with Gasteiger partial charge in [-0.2, -0.15) is 0 Å². The summed E-state index contributed by atoms with van der Waals surface area (Å²) in [6, 6.07) is 9.64. The molecule has 1 aliphatic rings. The molecule has 4 N–H and O–H groups in total. The standard InChI is InChI=1S/C21H21FN6O2S/c1-12-18(13-6-8-23-9-7-13)27-28-19(12)25-17(29)10-14-11-31-21(24-14)26-20(30)15-4-2-3-5-16(15)22/h2-9,11-12,18-19,27-28H,10H2,1H3,(H,25,29)(H,24,26,30). The molecule has 2 aromatic heterocycles. The van der Waals surface area contributed by atoms with E-state index in [1.54, 1.807) is 23.8 Å². The topological polar surface area (TPSA) is 108 Å². The number of aromatic nitrogens is 2. The molecule has 4 rings (SSSR count). The second-order valence-corrected chi connectivity index (χ2v) is 8.06. The highest BCUT2D eigenvalue weighted by Crippen LogP contribution is 2.27. The Labute approximate surface area is 182 Å². The summed E-state index contributed by atoms with van der Waals surface area (Å²) >= 11 is 1.18. The van der Waals surface area contributed by atoms with Gasteiger partial charge in [0.1, 0.15) is 5.82 Å². The number of hydrogen-bond acceptors (Lipinski definition) is 7. The van der Waals surface area contributed by atoms with E-state index in [-0.39, 0.29) is 36.0 Å². The second kappa shape index (κ2) is 9.29. The summed E-state index contributed by atoms with van der Waals surface area (Å²) in [7, 11) is 0. The largest absolute Gasteiger partial charge is 0.339 e. The van der Waals surface area contributed by atoms with E-state index < -0.39 is 11.7 Å². The van der Waals surface area contributed by atoms with Gasteiger partial charge in [0.15, 0.2) is 5.13 Å². The molecule has 0 saturated carbocycles. The van der Waals surface area contributed by atoms with Gasteiger partial charge >= 0.3 is 0 Å². The molecule has 1 aromatic carbocycles. The summed E-state index contributed by atoms with van der Waals surface area (Å²) in [4.78, 5) is 33.0. The predicted octanol–water partition coefficient (Wildman–Crippen LogP) is 2.40. The van der Waals surface area contributed by atoms with Gasteiger partial charge in [-0.1, -0.05) is 19.1 Å². The molecule has 1 aliphatic heterocycles. The molecule has 0 spiro atoms. The summed E-state index contributed by atoms with van der Waals surface area (Å²) in [5.41, 5.74) is 7.87. The number of pyridine rings is 1. The molecular formula is C21H21FN6O2S. The van der Waals surface area contributed by atoms with Crippen molar-refractivity contribution in [2.75, 3.05) is 5.32 Å². The Hall–Kier alpha value is -3.21. The quantitative estimate of drug-likeness (QED) is 0.469. The molecular weight excluding hydrogens is 419 g/mol. The van der Waals surface area contributed by atoms with Crippen molar-refractivity contribution in [2.24, 2.45) is 5.92 Å². The van der Waals surface area contributed by atoms with Crippen molar-refractivity contribution in [3.63, 3.8) is 0 Å². The Morgan fingerprint density at radius 1 is 1.16 bits per heavy atom. The number of thiazole rings is 1. The number of hydrazine groups is 1. The molecule has 2 amide bonds. The lowest BCUT2D eigenvalue weighted by molar-refractivity contribution is -0.121. The molecule has 3 aromatic rings. The molecule has 3 heterocycles. The summed E-state index contributed by atoms with van der Waals surface area (Å²) in [6.45, 7) is 2.04. The van der Waals surface area contributed by atoms with Crippen molar-refractivity contribution in [2.45, 2.75) is 25.6 Å². The Balaban J connectivity index is 1.31. The zero-order valence-corrected chi connectivity index (χ0v) is 17.4. The zero-order chi connectivity index (χ0) is 21.8. The number of carbonyl (C=O) groups is 2. The number of nitrogens with one attached hydrogen (secondary N) is 4. The van der Waals surface area contributed by atoms with Crippen LogP contribution in [0.5, 0.6) is 0 Å². The lowest BCUT2D eigenvalue weighted by atomic mass is 9.95. The summed E-state index contributed by atoms with van der Waals surface area (Å²) in [5, 5.41) is 7.53. The fourth-order valence-electron chi connectivity index (χ4n) is 3.40. The summed E-state index contributed by atoms with van der Waals surface area (Å²) in [5.74, 6) is -1.27. The lowest BCUT2D eigenvalue weighted by Gasteiger charge is -2.19. The van der Waals surface area contributed by atoms with Crippen molar-refractivity contribution >= 4 is 28.3 Å². The minimum Gasteiger partial charge on any atom is -0.339 e. The number of hydrogen-bond donors (Lipinski definition) is 4. The Bertz CT molecular complexity index is 1080. The molecule has 31 heavy (non-hydrogen) atoms. The number of benzene rings is 1. The molecule has 0 bridgehead atoms. The van der Waals surface area contributed by atoms with Crippen LogP contribution in [-0.4, -0.2) is 27.9 Å². The first-order valence-corrected chi connectivity index (χ1v) is 10.6. The number of carbonyl (C=O) groups excluding carboxylic acids is 2. The normalized spacial score (nSPS) is 20.4. The van der Waals surface area contributed by atoms with E-state index >= 15 is 0 Å². The highest BCUT2D eigenvalue weighted by atomic mass is 32.1. The second-order valence-electron chi connectivity index (χ2n) is 7.21. The number of nitrogens with zero attached hydrogens (tertiary/aromatic N) is 2. The minimum absolute atomic E-state index is 0.0489. The molecule has 1 fully saturated rings. The van der Waals surface area contributed by atoms with Gasteiger partial charge in [-0.3, -0.25) is 19.9 Å². The van der Waals surface area contributed by atoms with E-state index in [0.717, 1.165) is 5.56 Å². The van der Waals surface area contributed by atoms with Gasteiger partial charge in [-0.25, -0.2) is 20.2 Å².